The summed E-state index contributed by atoms with van der Waals surface area (Å²) in [6, 6.07) is 0. The van der Waals surface area contributed by atoms with Gasteiger partial charge in [-0.25, -0.2) is 0 Å². The predicted octanol–water partition coefficient (Wildman–Crippen LogP) is 4.25. The molecule has 90 valence electrons. The Morgan fingerprint density at radius 2 is 2.19 bits per heavy atom. The van der Waals surface area contributed by atoms with Gasteiger partial charge in [-0.1, -0.05) is 27.2 Å². The molecule has 0 bridgehead atoms. The van der Waals surface area contributed by atoms with E-state index in [4.69, 9.17) is 12.2 Å². The molecule has 1 aliphatic rings. The molecular formula is C13H22N2S. The van der Waals surface area contributed by atoms with Crippen molar-refractivity contribution < 1.29 is 0 Å². The van der Waals surface area contributed by atoms with Crippen molar-refractivity contribution >= 4 is 12.2 Å². The molecule has 3 heteroatoms. The first-order valence-electron chi connectivity index (χ1n) is 6.36. The highest BCUT2D eigenvalue weighted by atomic mass is 32.1. The van der Waals surface area contributed by atoms with E-state index < -0.39 is 0 Å². The minimum absolute atomic E-state index is 0.532. The number of imidazole rings is 1. The lowest BCUT2D eigenvalue weighted by molar-refractivity contribution is 0.0983. The summed E-state index contributed by atoms with van der Waals surface area (Å²) in [4.78, 5) is 3.19. The summed E-state index contributed by atoms with van der Waals surface area (Å²) < 4.78 is 3.21. The molecule has 1 aliphatic carbocycles. The third-order valence-electron chi connectivity index (χ3n) is 4.15. The zero-order valence-corrected chi connectivity index (χ0v) is 11.4. The summed E-state index contributed by atoms with van der Waals surface area (Å²) in [5.74, 6) is 0.543. The molecule has 1 aromatic rings. The molecular weight excluding hydrogens is 216 g/mol. The van der Waals surface area contributed by atoms with Gasteiger partial charge in [0.25, 0.3) is 0 Å². The van der Waals surface area contributed by atoms with Crippen LogP contribution in [0.4, 0.5) is 0 Å². The minimum Gasteiger partial charge on any atom is -0.337 e. The fourth-order valence-electron chi connectivity index (χ4n) is 2.69. The van der Waals surface area contributed by atoms with Gasteiger partial charge in [0.1, 0.15) is 0 Å². The molecule has 2 rings (SSSR count). The molecule has 1 saturated carbocycles. The summed E-state index contributed by atoms with van der Waals surface area (Å²) in [7, 11) is 0. The third kappa shape index (κ3) is 1.97. The zero-order chi connectivity index (χ0) is 11.8. The average molecular weight is 238 g/mol. The number of hydrogen-bond acceptors (Lipinski definition) is 1. The fourth-order valence-corrected chi connectivity index (χ4v) is 2.91. The molecule has 16 heavy (non-hydrogen) atoms. The van der Waals surface area contributed by atoms with Gasteiger partial charge in [0.15, 0.2) is 4.77 Å². The molecule has 0 spiro atoms. The van der Waals surface area contributed by atoms with Crippen LogP contribution in [0, 0.1) is 10.2 Å². The van der Waals surface area contributed by atoms with E-state index in [0.717, 1.165) is 11.3 Å². The van der Waals surface area contributed by atoms with Crippen molar-refractivity contribution in [2.24, 2.45) is 5.41 Å². The van der Waals surface area contributed by atoms with Crippen LogP contribution in [0.15, 0.2) is 6.20 Å². The van der Waals surface area contributed by atoms with Crippen molar-refractivity contribution in [1.82, 2.24) is 9.55 Å². The van der Waals surface area contributed by atoms with Crippen molar-refractivity contribution in [3.63, 3.8) is 0 Å². The lowest BCUT2D eigenvalue weighted by Gasteiger charge is -2.42. The summed E-state index contributed by atoms with van der Waals surface area (Å²) in [5.41, 5.74) is 1.88. The van der Waals surface area contributed by atoms with Gasteiger partial charge in [0.05, 0.1) is 0 Å². The van der Waals surface area contributed by atoms with Crippen LogP contribution >= 0.6 is 12.2 Å². The van der Waals surface area contributed by atoms with E-state index in [1.807, 2.05) is 0 Å². The first kappa shape index (κ1) is 11.9. The Balaban J connectivity index is 2.26. The number of H-pyrrole nitrogens is 1. The lowest BCUT2D eigenvalue weighted by Crippen LogP contribution is -2.34. The van der Waals surface area contributed by atoms with Crippen molar-refractivity contribution in [3.05, 3.63) is 16.7 Å². The molecule has 1 heterocycles. The van der Waals surface area contributed by atoms with E-state index in [1.54, 1.807) is 0 Å². The van der Waals surface area contributed by atoms with E-state index in [0.29, 0.717) is 11.3 Å². The molecule has 0 atom stereocenters. The first-order chi connectivity index (χ1) is 7.58. The number of aromatic nitrogens is 2. The van der Waals surface area contributed by atoms with E-state index in [1.165, 1.54) is 31.4 Å². The van der Waals surface area contributed by atoms with Gasteiger partial charge in [-0.15, -0.1) is 0 Å². The summed E-state index contributed by atoms with van der Waals surface area (Å²) >= 11 is 5.39. The molecule has 0 amide bonds. The maximum absolute atomic E-state index is 5.39. The predicted molar refractivity (Wildman–Crippen MR) is 70.3 cm³/mol. The lowest BCUT2D eigenvalue weighted by atomic mass is 9.67. The topological polar surface area (TPSA) is 20.7 Å². The maximum atomic E-state index is 5.39. The van der Waals surface area contributed by atoms with Gasteiger partial charge in [0.2, 0.25) is 0 Å². The van der Waals surface area contributed by atoms with Crippen LogP contribution < -0.4 is 0 Å². The van der Waals surface area contributed by atoms with Crippen LogP contribution in [0.1, 0.15) is 58.1 Å². The second-order valence-corrected chi connectivity index (χ2v) is 5.85. The van der Waals surface area contributed by atoms with Crippen LogP contribution in [0.2, 0.25) is 0 Å². The molecule has 0 unspecified atom stereocenters. The van der Waals surface area contributed by atoms with Gasteiger partial charge in [-0.3, -0.25) is 0 Å². The quantitative estimate of drug-likeness (QED) is 0.778. The van der Waals surface area contributed by atoms with Gasteiger partial charge in [-0.05, 0) is 42.8 Å². The zero-order valence-electron chi connectivity index (χ0n) is 10.5. The standard InChI is InChI=1S/C13H22N2S/c1-4-13(6-5-7-13)9-15-11(10(2)3)8-14-12(15)16/h8,10H,4-7,9H2,1-3H3,(H,14,16). The Morgan fingerprint density at radius 1 is 1.50 bits per heavy atom. The van der Waals surface area contributed by atoms with E-state index in [-0.39, 0.29) is 0 Å². The molecule has 1 N–H and O–H groups in total. The largest absolute Gasteiger partial charge is 0.337 e. The molecule has 1 aromatic heterocycles. The Labute approximate surface area is 103 Å². The summed E-state index contributed by atoms with van der Waals surface area (Å²) in [5, 5.41) is 0. The SMILES string of the molecule is CCC1(Cn2c(C(C)C)c[nH]c2=S)CCC1. The molecule has 1 fully saturated rings. The molecule has 2 nitrogen and oxygen atoms in total. The maximum Gasteiger partial charge on any atom is 0.177 e. The van der Waals surface area contributed by atoms with E-state index in [9.17, 15) is 0 Å². The van der Waals surface area contributed by atoms with Gasteiger partial charge in [-0.2, -0.15) is 0 Å². The van der Waals surface area contributed by atoms with Crippen molar-refractivity contribution in [1.29, 1.82) is 0 Å². The van der Waals surface area contributed by atoms with Crippen molar-refractivity contribution in [2.75, 3.05) is 0 Å². The van der Waals surface area contributed by atoms with E-state index in [2.05, 4.69) is 36.5 Å². The Kier molecular flexibility index (Phi) is 3.24. The summed E-state index contributed by atoms with van der Waals surface area (Å²) in [6.45, 7) is 7.88. The Bertz CT molecular complexity index is 404. The highest BCUT2D eigenvalue weighted by Gasteiger charge is 2.36. The number of aromatic amines is 1. The molecule has 0 radical (unpaired) electrons. The third-order valence-corrected chi connectivity index (χ3v) is 4.49. The smallest absolute Gasteiger partial charge is 0.177 e. The monoisotopic (exact) mass is 238 g/mol. The van der Waals surface area contributed by atoms with Crippen LogP contribution in [-0.2, 0) is 6.54 Å². The van der Waals surface area contributed by atoms with Crippen molar-refractivity contribution in [2.45, 2.75) is 58.9 Å². The van der Waals surface area contributed by atoms with Crippen LogP contribution in [0.3, 0.4) is 0 Å². The number of rotatable bonds is 4. The van der Waals surface area contributed by atoms with Crippen molar-refractivity contribution in [3.8, 4) is 0 Å². The van der Waals surface area contributed by atoms with Crippen LogP contribution in [0.5, 0.6) is 0 Å². The van der Waals surface area contributed by atoms with E-state index >= 15 is 0 Å². The Hall–Kier alpha value is -0.570. The van der Waals surface area contributed by atoms with Crippen LogP contribution in [0.25, 0.3) is 0 Å². The van der Waals surface area contributed by atoms with Crippen LogP contribution in [-0.4, -0.2) is 9.55 Å². The van der Waals surface area contributed by atoms with Gasteiger partial charge >= 0.3 is 0 Å². The second-order valence-electron chi connectivity index (χ2n) is 5.47. The Morgan fingerprint density at radius 3 is 2.62 bits per heavy atom. The average Bonchev–Trinajstić information content (AvgIpc) is 2.54. The minimum atomic E-state index is 0.532. The highest BCUT2D eigenvalue weighted by Crippen LogP contribution is 2.45. The molecule has 0 aliphatic heterocycles. The molecule has 0 saturated heterocycles. The summed E-state index contributed by atoms with van der Waals surface area (Å²) in [6.07, 6.45) is 7.48. The normalized spacial score (nSPS) is 18.8. The molecule has 0 aromatic carbocycles. The van der Waals surface area contributed by atoms with Gasteiger partial charge < -0.3 is 9.55 Å². The fraction of sp³-hybridized carbons (Fsp3) is 0.769. The number of hydrogen-bond donors (Lipinski definition) is 1. The first-order valence-corrected chi connectivity index (χ1v) is 6.77. The second kappa shape index (κ2) is 4.36. The number of nitrogens with zero attached hydrogens (tertiary/aromatic N) is 1. The highest BCUT2D eigenvalue weighted by molar-refractivity contribution is 7.71. The number of nitrogens with one attached hydrogen (secondary N) is 1. The van der Waals surface area contributed by atoms with Gasteiger partial charge in [0, 0.05) is 18.4 Å².